The summed E-state index contributed by atoms with van der Waals surface area (Å²) in [6.45, 7) is 22.7. The standard InChI is InChI=1S/C60H77N5O12/c1-32(2)28-65-23-21-60(22-24-65)62-49-46-47-53(71)40(10)56-48(46)57(73)59(11,77-56)75-25-20-33(3)36(6)37(7)38(8)52(70)39(9)55(34(4)14-13-15-35(5)58(74)61-51(54(47)72)50(49)63-60)76-45(69)29-64(12)44(68)27-42-18-16-41(17-19-42)26-43(30-66)31-67/h13-20,25,30-34,36-39,43,52,55,62,70-72H,21-24,26-29H2,1-12H3/b14-13+,25-20+,35-15-,61-51?/t33-,34-,36+,37+,38-,39-,52-,55-,59-/m0/s1. The topological polar surface area (TPSA) is 234 Å². The number of esters is 1. The Morgan fingerprint density at radius 1 is 0.896 bits per heavy atom. The van der Waals surface area contributed by atoms with E-state index in [0.29, 0.717) is 55.7 Å². The zero-order valence-corrected chi connectivity index (χ0v) is 46.6. The Morgan fingerprint density at radius 3 is 2.18 bits per heavy atom. The Labute approximate surface area is 451 Å². The number of benzene rings is 3. The van der Waals surface area contributed by atoms with Gasteiger partial charge in [0.1, 0.15) is 53.1 Å². The first-order valence-corrected chi connectivity index (χ1v) is 26.9. The van der Waals surface area contributed by atoms with E-state index in [1.807, 2.05) is 40.7 Å². The molecule has 9 atom stereocenters. The number of aromatic hydroxyl groups is 2. The van der Waals surface area contributed by atoms with Crippen molar-refractivity contribution in [3.63, 3.8) is 0 Å². The number of fused-ring (bicyclic) bond motifs is 13. The summed E-state index contributed by atoms with van der Waals surface area (Å²) in [4.78, 5) is 91.9. The number of likely N-dealkylation sites (tertiary alicyclic amines) is 1. The first kappa shape index (κ1) is 58.0. The molecule has 77 heavy (non-hydrogen) atoms. The molecule has 4 N–H and O–H groups in total. The fourth-order valence-corrected chi connectivity index (χ4v) is 11.2. The molecule has 2 amide bonds. The maximum atomic E-state index is 14.8. The van der Waals surface area contributed by atoms with Crippen LogP contribution < -0.4 is 20.8 Å². The highest BCUT2D eigenvalue weighted by molar-refractivity contribution is 6.21. The quantitative estimate of drug-likeness (QED) is 0.0664. The number of rotatable bonds is 11. The average Bonchev–Trinajstić information content (AvgIpc) is 3.91. The third kappa shape index (κ3) is 12.1. The van der Waals surface area contributed by atoms with Crippen LogP contribution in [0.25, 0.3) is 10.8 Å². The number of allylic oxidation sites excluding steroid dienone is 3. The molecule has 1 fully saturated rings. The number of aliphatic hydroxyl groups excluding tert-OH is 1. The monoisotopic (exact) mass is 1060 g/mol. The van der Waals surface area contributed by atoms with E-state index in [9.17, 15) is 44.1 Å². The van der Waals surface area contributed by atoms with Gasteiger partial charge in [0, 0.05) is 74.8 Å². The average molecular weight is 1060 g/mol. The molecule has 1 saturated heterocycles. The zero-order valence-electron chi connectivity index (χ0n) is 46.6. The van der Waals surface area contributed by atoms with Crippen LogP contribution in [-0.4, -0.2) is 118 Å². The van der Waals surface area contributed by atoms with Gasteiger partial charge >= 0.3 is 11.8 Å². The van der Waals surface area contributed by atoms with Crippen molar-refractivity contribution in [1.29, 1.82) is 0 Å². The second kappa shape index (κ2) is 23.5. The molecular weight excluding hydrogens is 983 g/mol. The van der Waals surface area contributed by atoms with Gasteiger partial charge in [0.25, 0.3) is 11.7 Å². The van der Waals surface area contributed by atoms with Crippen molar-refractivity contribution in [2.45, 2.75) is 126 Å². The highest BCUT2D eigenvalue weighted by Gasteiger charge is 2.51. The Balaban J connectivity index is 1.25. The molecule has 8 rings (SSSR count). The number of hydrogen-bond acceptors (Lipinski definition) is 15. The number of nitrogens with one attached hydrogen (secondary N) is 1. The lowest BCUT2D eigenvalue weighted by Gasteiger charge is -2.38. The van der Waals surface area contributed by atoms with Gasteiger partial charge in [-0.3, -0.25) is 24.2 Å². The van der Waals surface area contributed by atoms with Crippen molar-refractivity contribution in [3.8, 4) is 17.2 Å². The molecule has 0 radical (unpaired) electrons. The summed E-state index contributed by atoms with van der Waals surface area (Å²) in [6, 6.07) is 6.99. The molecule has 3 aromatic carbocycles. The number of nitrogens with zero attached hydrogens (tertiary/aromatic N) is 4. The van der Waals surface area contributed by atoms with Gasteiger partial charge in [-0.2, -0.15) is 0 Å². The summed E-state index contributed by atoms with van der Waals surface area (Å²) in [7, 11) is 1.50. The number of amides is 2. The molecule has 17 nitrogen and oxygen atoms in total. The van der Waals surface area contributed by atoms with Gasteiger partial charge in [0.05, 0.1) is 41.3 Å². The maximum Gasteiger partial charge on any atom is 0.325 e. The zero-order chi connectivity index (χ0) is 56.4. The SMILES string of the molecule is C/C1=C/C=C/[C@H](C)[C@H](OC(=O)CN(C)C(=O)Cc2ccc(CC(C=O)C=O)cc2)[C@@H](C)[C@@H](O)[C@@H](C)[C@H](C)[C@H](C)[C@@H](C)/C=C/O[C@@]2(C)Oc3c(C)c(O)c4c(O)c(c5c(c4c3C2=O)NC2(CCN(CC(C)C)CC2)N=5)=NC1=O. The molecule has 5 bridgehead atoms. The van der Waals surface area contributed by atoms with Gasteiger partial charge in [0.15, 0.2) is 5.75 Å². The fourth-order valence-electron chi connectivity index (χ4n) is 11.2. The van der Waals surface area contributed by atoms with Crippen molar-refractivity contribution in [1.82, 2.24) is 9.80 Å². The van der Waals surface area contributed by atoms with E-state index in [0.717, 1.165) is 12.1 Å². The summed E-state index contributed by atoms with van der Waals surface area (Å²) in [6.07, 6.45) is 8.93. The van der Waals surface area contributed by atoms with Gasteiger partial charge in [-0.1, -0.05) is 97.9 Å². The third-order valence-electron chi connectivity index (χ3n) is 16.6. The molecule has 0 aromatic heterocycles. The molecule has 0 unspecified atom stereocenters. The van der Waals surface area contributed by atoms with E-state index in [4.69, 9.17) is 19.2 Å². The van der Waals surface area contributed by atoms with Crippen molar-refractivity contribution in [2.75, 3.05) is 38.5 Å². The first-order valence-electron chi connectivity index (χ1n) is 26.9. The number of Topliss-reactive ketones (excluding diaryl/α,β-unsaturated/α-hetero) is 1. The molecular formula is C60H77N5O12. The van der Waals surface area contributed by atoms with E-state index in [1.54, 1.807) is 56.3 Å². The van der Waals surface area contributed by atoms with Gasteiger partial charge in [-0.15, -0.1) is 0 Å². The summed E-state index contributed by atoms with van der Waals surface area (Å²) in [5.74, 6) is -7.03. The smallest absolute Gasteiger partial charge is 0.325 e. The normalized spacial score (nSPS) is 28.2. The van der Waals surface area contributed by atoms with Crippen molar-refractivity contribution in [3.05, 3.63) is 93.4 Å². The lowest BCUT2D eigenvalue weighted by atomic mass is 9.72. The Hall–Kier alpha value is -6.72. The third-order valence-corrected chi connectivity index (χ3v) is 16.6. The van der Waals surface area contributed by atoms with Crippen LogP contribution in [0.4, 0.5) is 5.69 Å². The number of phenolic OH excluding ortho intramolecular Hbond substituents is 2. The molecule has 5 aliphatic heterocycles. The molecule has 0 aliphatic carbocycles. The number of likely N-dealkylation sites (N-methyl/N-ethyl adjacent to an activating group) is 1. The van der Waals surface area contributed by atoms with Crippen LogP contribution in [0, 0.1) is 54.3 Å². The molecule has 0 saturated carbocycles. The largest absolute Gasteiger partial charge is 0.507 e. The molecule has 3 aromatic rings. The Kier molecular flexibility index (Phi) is 17.7. The Morgan fingerprint density at radius 2 is 1.55 bits per heavy atom. The number of hydrogen-bond donors (Lipinski definition) is 4. The van der Waals surface area contributed by atoms with Crippen molar-refractivity contribution in [2.24, 2.45) is 57.3 Å². The van der Waals surface area contributed by atoms with Crippen LogP contribution in [0.1, 0.15) is 109 Å². The molecule has 5 heterocycles. The minimum absolute atomic E-state index is 0.0154. The van der Waals surface area contributed by atoms with Gasteiger partial charge in [0.2, 0.25) is 5.91 Å². The van der Waals surface area contributed by atoms with Gasteiger partial charge in [-0.25, -0.2) is 4.99 Å². The predicted octanol–water partition coefficient (Wildman–Crippen LogP) is 6.88. The fraction of sp³-hybridized carbons (Fsp3) is 0.533. The minimum Gasteiger partial charge on any atom is -0.507 e. The number of carbonyl (C=O) groups excluding carboxylic acids is 6. The highest BCUT2D eigenvalue weighted by Crippen LogP contribution is 2.51. The molecule has 1 spiro atoms. The van der Waals surface area contributed by atoms with Crippen LogP contribution in [0.5, 0.6) is 17.2 Å². The van der Waals surface area contributed by atoms with Gasteiger partial charge in [-0.05, 0) is 67.1 Å². The second-order valence-electron chi connectivity index (χ2n) is 22.8. The van der Waals surface area contributed by atoms with Crippen LogP contribution in [-0.2, 0) is 46.3 Å². The van der Waals surface area contributed by atoms with E-state index in [2.05, 4.69) is 36.0 Å². The molecule has 17 heteroatoms. The summed E-state index contributed by atoms with van der Waals surface area (Å²) in [5, 5.41) is 40.1. The highest BCUT2D eigenvalue weighted by atomic mass is 16.7. The van der Waals surface area contributed by atoms with Gasteiger partial charge < -0.3 is 54.2 Å². The van der Waals surface area contributed by atoms with E-state index in [-0.39, 0.29) is 98.7 Å². The lowest BCUT2D eigenvalue weighted by Crippen LogP contribution is -2.47. The summed E-state index contributed by atoms with van der Waals surface area (Å²) >= 11 is 0. The number of ether oxygens (including phenoxy) is 3. The number of aliphatic hydroxyl groups is 1. The van der Waals surface area contributed by atoms with Crippen molar-refractivity contribution < 1.29 is 58.3 Å². The molecule has 414 valence electrons. The first-order chi connectivity index (χ1) is 36.3. The summed E-state index contributed by atoms with van der Waals surface area (Å²) < 4.78 is 18.8. The van der Waals surface area contributed by atoms with Crippen molar-refractivity contribution >= 4 is 52.6 Å². The van der Waals surface area contributed by atoms with Crippen LogP contribution in [0.2, 0.25) is 0 Å². The number of piperidine rings is 1. The predicted molar refractivity (Wildman–Crippen MR) is 291 cm³/mol. The maximum absolute atomic E-state index is 14.8. The number of carbonyl (C=O) groups is 6. The number of ketones is 1. The second-order valence-corrected chi connectivity index (χ2v) is 22.8. The van der Waals surface area contributed by atoms with Crippen LogP contribution in [0.15, 0.2) is 70.4 Å². The Bertz CT molecular complexity index is 3000. The lowest BCUT2D eigenvalue weighted by molar-refractivity contribution is -0.160. The van der Waals surface area contributed by atoms with E-state index < -0.39 is 64.8 Å². The van der Waals surface area contributed by atoms with E-state index >= 15 is 0 Å². The van der Waals surface area contributed by atoms with Crippen LogP contribution in [0.3, 0.4) is 0 Å². The van der Waals surface area contributed by atoms with E-state index in [1.165, 1.54) is 25.1 Å². The number of aldehydes is 2. The number of anilines is 1. The van der Waals surface area contributed by atoms with Crippen LogP contribution >= 0.6 is 0 Å². The summed E-state index contributed by atoms with van der Waals surface area (Å²) in [5.41, 5.74) is 1.35. The number of phenols is 2. The minimum atomic E-state index is -1.88. The molecule has 5 aliphatic rings.